The molecule has 0 saturated carbocycles. The van der Waals surface area contributed by atoms with Crippen LogP contribution >= 0.6 is 0 Å². The molecule has 0 heterocycles. The van der Waals surface area contributed by atoms with E-state index in [2.05, 4.69) is 10.6 Å². The largest absolute Gasteiger partial charge is 0.480 e. The Balaban J connectivity index is 2.37. The van der Waals surface area contributed by atoms with Crippen molar-refractivity contribution >= 4 is 29.5 Å². The molecule has 0 radical (unpaired) electrons. The lowest BCUT2D eigenvalue weighted by Gasteiger charge is -2.15. The Morgan fingerprint density at radius 1 is 1.14 bits per heavy atom. The molecular weight excluding hydrogens is 378 g/mol. The summed E-state index contributed by atoms with van der Waals surface area (Å²) < 4.78 is 0. The minimum absolute atomic E-state index is 0.137. The molecule has 0 saturated heterocycles. The highest BCUT2D eigenvalue weighted by Crippen LogP contribution is 2.16. The molecule has 2 rings (SSSR count). The molecule has 29 heavy (non-hydrogen) atoms. The number of nitro groups is 1. The van der Waals surface area contributed by atoms with Crippen molar-refractivity contribution in [1.29, 1.82) is 0 Å². The van der Waals surface area contributed by atoms with Gasteiger partial charge in [-0.05, 0) is 30.2 Å². The van der Waals surface area contributed by atoms with Gasteiger partial charge in [-0.3, -0.25) is 19.7 Å². The van der Waals surface area contributed by atoms with E-state index in [1.807, 2.05) is 0 Å². The van der Waals surface area contributed by atoms with Crippen molar-refractivity contribution in [3.8, 4) is 0 Å². The maximum Gasteiger partial charge on any atom is 0.326 e. The summed E-state index contributed by atoms with van der Waals surface area (Å²) in [4.78, 5) is 46.7. The molecule has 2 aromatic carbocycles. The van der Waals surface area contributed by atoms with E-state index < -0.39 is 28.7 Å². The molecule has 1 atom stereocenters. The van der Waals surface area contributed by atoms with E-state index in [4.69, 9.17) is 5.11 Å². The highest BCUT2D eigenvalue weighted by Gasteiger charge is 2.22. The Morgan fingerprint density at radius 2 is 1.83 bits per heavy atom. The molecule has 0 aliphatic heterocycles. The van der Waals surface area contributed by atoms with Crippen molar-refractivity contribution in [2.45, 2.75) is 19.4 Å². The van der Waals surface area contributed by atoms with Crippen LogP contribution in [0.2, 0.25) is 0 Å². The predicted octanol–water partition coefficient (Wildman–Crippen LogP) is 2.35. The Morgan fingerprint density at radius 3 is 2.41 bits per heavy atom. The molecule has 0 aliphatic carbocycles. The minimum atomic E-state index is -1.22. The van der Waals surface area contributed by atoms with Crippen molar-refractivity contribution in [3.05, 3.63) is 81.5 Å². The van der Waals surface area contributed by atoms with Gasteiger partial charge in [0.1, 0.15) is 11.7 Å². The van der Waals surface area contributed by atoms with Gasteiger partial charge in [0.25, 0.3) is 17.5 Å². The molecule has 3 N–H and O–H groups in total. The average molecular weight is 397 g/mol. The third kappa shape index (κ3) is 5.99. The van der Waals surface area contributed by atoms with Crippen LogP contribution in [-0.4, -0.2) is 33.9 Å². The van der Waals surface area contributed by atoms with Gasteiger partial charge in [-0.15, -0.1) is 0 Å². The number of carbonyl (C=O) groups is 3. The third-order valence-corrected chi connectivity index (χ3v) is 3.93. The smallest absolute Gasteiger partial charge is 0.326 e. The monoisotopic (exact) mass is 397 g/mol. The topological polar surface area (TPSA) is 139 Å². The van der Waals surface area contributed by atoms with Gasteiger partial charge in [-0.25, -0.2) is 4.79 Å². The summed E-state index contributed by atoms with van der Waals surface area (Å²) in [5, 5.41) is 24.9. The normalized spacial score (nSPS) is 12.0. The molecule has 0 aromatic heterocycles. The number of non-ortho nitro benzene ring substituents is 1. The van der Waals surface area contributed by atoms with E-state index in [1.54, 1.807) is 37.3 Å². The van der Waals surface area contributed by atoms with Gasteiger partial charge in [0.15, 0.2) is 0 Å². The number of nitro benzene ring substituents is 1. The predicted molar refractivity (Wildman–Crippen MR) is 105 cm³/mol. The van der Waals surface area contributed by atoms with Gasteiger partial charge in [0.2, 0.25) is 0 Å². The number of amides is 2. The number of hydrogen-bond donors (Lipinski definition) is 3. The first-order valence-electron chi connectivity index (χ1n) is 8.68. The molecule has 0 fully saturated rings. The van der Waals surface area contributed by atoms with E-state index >= 15 is 0 Å². The SMILES string of the molecule is CCC(NC(=O)C(=Cc1cccc([N+](=O)[O-])c1)NC(=O)c1ccccc1)C(=O)O. The molecule has 0 aliphatic rings. The maximum atomic E-state index is 12.6. The number of carbonyl (C=O) groups excluding carboxylic acids is 2. The van der Waals surface area contributed by atoms with Crippen LogP contribution in [0, 0.1) is 10.1 Å². The van der Waals surface area contributed by atoms with E-state index in [-0.39, 0.29) is 23.4 Å². The van der Waals surface area contributed by atoms with Crippen LogP contribution in [0.15, 0.2) is 60.3 Å². The first-order chi connectivity index (χ1) is 13.8. The molecule has 9 nitrogen and oxygen atoms in total. The van der Waals surface area contributed by atoms with Crippen LogP contribution in [0.3, 0.4) is 0 Å². The number of hydrogen-bond acceptors (Lipinski definition) is 5. The highest BCUT2D eigenvalue weighted by molar-refractivity contribution is 6.06. The second-order valence-corrected chi connectivity index (χ2v) is 6.00. The summed E-state index contributed by atoms with van der Waals surface area (Å²) in [6.45, 7) is 1.59. The lowest BCUT2D eigenvalue weighted by atomic mass is 10.1. The molecule has 0 bridgehead atoms. The number of nitrogens with one attached hydrogen (secondary N) is 2. The maximum absolute atomic E-state index is 12.6. The van der Waals surface area contributed by atoms with Crippen molar-refractivity contribution < 1.29 is 24.4 Å². The van der Waals surface area contributed by atoms with Gasteiger partial charge in [-0.1, -0.05) is 37.3 Å². The zero-order valence-electron chi connectivity index (χ0n) is 15.5. The third-order valence-electron chi connectivity index (χ3n) is 3.93. The van der Waals surface area contributed by atoms with Gasteiger partial charge in [-0.2, -0.15) is 0 Å². The summed E-state index contributed by atoms with van der Waals surface area (Å²) in [7, 11) is 0. The zero-order valence-corrected chi connectivity index (χ0v) is 15.5. The molecule has 1 unspecified atom stereocenters. The Bertz CT molecular complexity index is 956. The van der Waals surface area contributed by atoms with Gasteiger partial charge in [0.05, 0.1) is 4.92 Å². The molecule has 150 valence electrons. The summed E-state index contributed by atoms with van der Waals surface area (Å²) >= 11 is 0. The molecule has 0 spiro atoms. The fourth-order valence-corrected chi connectivity index (χ4v) is 2.41. The van der Waals surface area contributed by atoms with Gasteiger partial charge < -0.3 is 15.7 Å². The number of carboxylic acids is 1. The zero-order chi connectivity index (χ0) is 21.4. The van der Waals surface area contributed by atoms with E-state index in [9.17, 15) is 24.5 Å². The van der Waals surface area contributed by atoms with E-state index in [1.165, 1.54) is 30.3 Å². The lowest BCUT2D eigenvalue weighted by Crippen LogP contribution is -2.44. The Hall–Kier alpha value is -4.01. The standard InChI is InChI=1S/C20H19N3O6/c1-2-16(20(26)27)21-19(25)17(22-18(24)14-8-4-3-5-9-14)12-13-7-6-10-15(11-13)23(28)29/h3-12,16H,2H2,1H3,(H,21,25)(H,22,24)(H,26,27). The minimum Gasteiger partial charge on any atom is -0.480 e. The summed E-state index contributed by atoms with van der Waals surface area (Å²) in [5.41, 5.74) is 0.153. The number of rotatable bonds is 8. The van der Waals surface area contributed by atoms with Crippen molar-refractivity contribution in [2.24, 2.45) is 0 Å². The van der Waals surface area contributed by atoms with E-state index in [0.717, 1.165) is 0 Å². The molecule has 9 heteroatoms. The quantitative estimate of drug-likeness (QED) is 0.355. The van der Waals surface area contributed by atoms with Crippen molar-refractivity contribution in [3.63, 3.8) is 0 Å². The molecular formula is C20H19N3O6. The van der Waals surface area contributed by atoms with Crippen LogP contribution in [-0.2, 0) is 9.59 Å². The second-order valence-electron chi connectivity index (χ2n) is 6.00. The number of benzene rings is 2. The van der Waals surface area contributed by atoms with E-state index in [0.29, 0.717) is 5.56 Å². The van der Waals surface area contributed by atoms with Crippen molar-refractivity contribution in [1.82, 2.24) is 10.6 Å². The first kappa shape index (κ1) is 21.3. The number of carboxylic acid groups (broad SMARTS) is 1. The first-order valence-corrected chi connectivity index (χ1v) is 8.68. The van der Waals surface area contributed by atoms with Crippen LogP contribution in [0.1, 0.15) is 29.3 Å². The molecule has 2 amide bonds. The number of aliphatic carboxylic acids is 1. The second kappa shape index (κ2) is 9.79. The summed E-state index contributed by atoms with van der Waals surface area (Å²) in [5.74, 6) is -2.62. The van der Waals surface area contributed by atoms with Crippen LogP contribution in [0.25, 0.3) is 6.08 Å². The van der Waals surface area contributed by atoms with Crippen LogP contribution in [0.5, 0.6) is 0 Å². The number of nitrogens with zero attached hydrogens (tertiary/aromatic N) is 1. The van der Waals surface area contributed by atoms with Gasteiger partial charge in [0, 0.05) is 17.7 Å². The Kier molecular flexibility index (Phi) is 7.19. The fourth-order valence-electron chi connectivity index (χ4n) is 2.41. The summed E-state index contributed by atoms with van der Waals surface area (Å²) in [6.07, 6.45) is 1.38. The van der Waals surface area contributed by atoms with Crippen molar-refractivity contribution in [2.75, 3.05) is 0 Å². The highest BCUT2D eigenvalue weighted by atomic mass is 16.6. The lowest BCUT2D eigenvalue weighted by molar-refractivity contribution is -0.384. The van der Waals surface area contributed by atoms with Crippen LogP contribution < -0.4 is 10.6 Å². The Labute approximate surface area is 166 Å². The van der Waals surface area contributed by atoms with Crippen LogP contribution in [0.4, 0.5) is 5.69 Å². The molecule has 2 aromatic rings. The fraction of sp³-hybridized carbons (Fsp3) is 0.150. The summed E-state index contributed by atoms with van der Waals surface area (Å²) in [6, 6.07) is 12.4. The van der Waals surface area contributed by atoms with Gasteiger partial charge >= 0.3 is 5.97 Å². The average Bonchev–Trinajstić information content (AvgIpc) is 2.71.